The van der Waals surface area contributed by atoms with E-state index >= 15 is 0 Å². The van der Waals surface area contributed by atoms with Crippen molar-refractivity contribution in [2.75, 3.05) is 47.8 Å². The fourth-order valence-electron chi connectivity index (χ4n) is 4.69. The van der Waals surface area contributed by atoms with Crippen molar-refractivity contribution >= 4 is 29.3 Å². The van der Waals surface area contributed by atoms with Crippen LogP contribution in [0.2, 0.25) is 0 Å². The van der Waals surface area contributed by atoms with Gasteiger partial charge in [0.15, 0.2) is 0 Å². The fraction of sp³-hybridized carbons (Fsp3) is 0.833. The second kappa shape index (κ2) is 25.1. The van der Waals surface area contributed by atoms with Crippen molar-refractivity contribution in [1.29, 1.82) is 0 Å². The van der Waals surface area contributed by atoms with Crippen molar-refractivity contribution in [2.24, 2.45) is 0 Å². The van der Waals surface area contributed by atoms with E-state index in [1.807, 2.05) is 21.1 Å². The second-order valence-corrected chi connectivity index (χ2v) is 11.1. The highest BCUT2D eigenvalue weighted by Crippen LogP contribution is 2.10. The first kappa shape index (κ1) is 39.6. The van der Waals surface area contributed by atoms with Crippen LogP contribution in [-0.2, 0) is 24.0 Å². The third-order valence-corrected chi connectivity index (χ3v) is 7.16. The molecule has 12 heteroatoms. The molecule has 244 valence electrons. The summed E-state index contributed by atoms with van der Waals surface area (Å²) in [6.07, 6.45) is 7.08. The molecule has 0 aromatic rings. The van der Waals surface area contributed by atoms with Crippen molar-refractivity contribution in [3.63, 3.8) is 0 Å². The molecule has 7 N–H and O–H groups in total. The van der Waals surface area contributed by atoms with Crippen LogP contribution < -0.4 is 37.2 Å². The molecule has 4 unspecified atom stereocenters. The summed E-state index contributed by atoms with van der Waals surface area (Å²) in [5, 5.41) is 21.1. The van der Waals surface area contributed by atoms with Gasteiger partial charge in [0.2, 0.25) is 17.7 Å². The second-order valence-electron chi connectivity index (χ2n) is 11.1. The molecule has 0 saturated heterocycles. The van der Waals surface area contributed by atoms with Crippen molar-refractivity contribution in [3.05, 3.63) is 0 Å². The first-order valence-electron chi connectivity index (χ1n) is 15.6. The molecular formula is C30H59N7O5. The minimum absolute atomic E-state index is 0.0199. The van der Waals surface area contributed by atoms with Crippen molar-refractivity contribution in [2.45, 2.75) is 115 Å². The zero-order valence-corrected chi connectivity index (χ0v) is 27.0. The van der Waals surface area contributed by atoms with Crippen molar-refractivity contribution < 1.29 is 24.0 Å². The van der Waals surface area contributed by atoms with Crippen molar-refractivity contribution in [3.8, 4) is 0 Å². The smallest absolute Gasteiger partial charge is 0.243 e. The molecule has 0 fully saturated rings. The molecule has 42 heavy (non-hydrogen) atoms. The maximum absolute atomic E-state index is 13.6. The van der Waals surface area contributed by atoms with E-state index in [2.05, 4.69) is 37.2 Å². The highest BCUT2D eigenvalue weighted by molar-refractivity contribution is 5.93. The summed E-state index contributed by atoms with van der Waals surface area (Å²) in [5.74, 6) is -1.14. The van der Waals surface area contributed by atoms with Crippen LogP contribution in [0.1, 0.15) is 90.9 Å². The highest BCUT2D eigenvalue weighted by Gasteiger charge is 2.29. The Morgan fingerprint density at radius 2 is 0.905 bits per heavy atom. The number of hydrogen-bond acceptors (Lipinski definition) is 9. The first-order chi connectivity index (χ1) is 20.1. The molecule has 0 aromatic carbocycles. The molecule has 0 aromatic heterocycles. The summed E-state index contributed by atoms with van der Waals surface area (Å²) in [4.78, 5) is 63.5. The monoisotopic (exact) mass is 597 g/mol. The number of amides is 3. The molecule has 12 nitrogen and oxygen atoms in total. The normalized spacial score (nSPS) is 14.0. The molecule has 0 spiro atoms. The van der Waals surface area contributed by atoms with Crippen LogP contribution in [0, 0.1) is 0 Å². The average Bonchev–Trinajstić information content (AvgIpc) is 2.94. The zero-order chi connectivity index (χ0) is 31.8. The largest absolute Gasteiger partial charge is 0.351 e. The Hall–Kier alpha value is -2.41. The van der Waals surface area contributed by atoms with Gasteiger partial charge in [-0.05, 0) is 119 Å². The van der Waals surface area contributed by atoms with Crippen LogP contribution >= 0.6 is 0 Å². The molecule has 4 atom stereocenters. The van der Waals surface area contributed by atoms with E-state index in [0.29, 0.717) is 32.1 Å². The van der Waals surface area contributed by atoms with E-state index in [1.165, 1.54) is 13.8 Å². The van der Waals surface area contributed by atoms with Gasteiger partial charge in [-0.15, -0.1) is 0 Å². The van der Waals surface area contributed by atoms with Gasteiger partial charge < -0.3 is 42.0 Å². The molecule has 3 amide bonds. The number of hydrogen-bond donors (Lipinski definition) is 7. The Bertz CT molecular complexity index is 796. The standard InChI is InChI=1S/C30H59N7O5/c1-22(38)16-17-24(21-23(2)39)35-29(41)26(14-8-11-19-32-4)37-30(42)27(15-9-12-20-33-5)36-28(40)25(34-6)13-7-10-18-31-3/h24-27,31-34H,7-21H2,1-6H3,(H,35,41)(H,36,40)(H,37,42). The van der Waals surface area contributed by atoms with Crippen LogP contribution in [-0.4, -0.2) is 101 Å². The van der Waals surface area contributed by atoms with Gasteiger partial charge in [-0.3, -0.25) is 19.2 Å². The number of carbonyl (C=O) groups is 5. The number of unbranched alkanes of at least 4 members (excludes halogenated alkanes) is 3. The predicted octanol–water partition coefficient (Wildman–Crippen LogP) is 0.546. The Morgan fingerprint density at radius 1 is 0.500 bits per heavy atom. The SMILES string of the molecule is CNCCCCC(NC)C(=O)NC(CCCCNC)C(=O)NC(CCCCNC)C(=O)NC(CCC(C)=O)CC(C)=O. The van der Waals surface area contributed by atoms with E-state index in [9.17, 15) is 24.0 Å². The number of nitrogens with one attached hydrogen (secondary N) is 7. The van der Waals surface area contributed by atoms with Crippen molar-refractivity contribution in [1.82, 2.24) is 37.2 Å². The molecule has 0 aliphatic carbocycles. The van der Waals surface area contributed by atoms with Gasteiger partial charge in [-0.2, -0.15) is 0 Å². The predicted molar refractivity (Wildman–Crippen MR) is 167 cm³/mol. The zero-order valence-electron chi connectivity index (χ0n) is 27.0. The van der Waals surface area contributed by atoms with Gasteiger partial charge in [0.25, 0.3) is 0 Å². The lowest BCUT2D eigenvalue weighted by Gasteiger charge is -2.26. The summed E-state index contributed by atoms with van der Waals surface area (Å²) < 4.78 is 0. The summed E-state index contributed by atoms with van der Waals surface area (Å²) in [6.45, 7) is 5.36. The van der Waals surface area contributed by atoms with Gasteiger partial charge in [0.1, 0.15) is 23.7 Å². The minimum Gasteiger partial charge on any atom is -0.351 e. The highest BCUT2D eigenvalue weighted by atomic mass is 16.2. The summed E-state index contributed by atoms with van der Waals surface area (Å²) in [6, 6.07) is -2.55. The Morgan fingerprint density at radius 3 is 1.29 bits per heavy atom. The minimum atomic E-state index is -0.834. The van der Waals surface area contributed by atoms with Crippen LogP contribution in [0.25, 0.3) is 0 Å². The summed E-state index contributed by atoms with van der Waals surface area (Å²) in [7, 11) is 7.35. The fourth-order valence-corrected chi connectivity index (χ4v) is 4.69. The van der Waals surface area contributed by atoms with Gasteiger partial charge in [0.05, 0.1) is 6.04 Å². The number of carbonyl (C=O) groups excluding carboxylic acids is 5. The van der Waals surface area contributed by atoms with E-state index < -0.39 is 30.1 Å². The van der Waals surface area contributed by atoms with Gasteiger partial charge in [-0.1, -0.05) is 6.42 Å². The number of Topliss-reactive ketones (excluding diaryl/α,β-unsaturated/α-hetero) is 2. The maximum Gasteiger partial charge on any atom is 0.243 e. The number of rotatable bonds is 27. The van der Waals surface area contributed by atoms with E-state index in [-0.39, 0.29) is 36.2 Å². The van der Waals surface area contributed by atoms with Gasteiger partial charge in [0, 0.05) is 18.9 Å². The topological polar surface area (TPSA) is 170 Å². The van der Waals surface area contributed by atoms with E-state index in [0.717, 1.165) is 51.7 Å². The molecule has 0 saturated carbocycles. The lowest BCUT2D eigenvalue weighted by atomic mass is 10.0. The van der Waals surface area contributed by atoms with Crippen LogP contribution in [0.15, 0.2) is 0 Å². The third kappa shape index (κ3) is 19.7. The molecule has 0 aliphatic rings. The maximum atomic E-state index is 13.6. The van der Waals surface area contributed by atoms with Crippen LogP contribution in [0.4, 0.5) is 0 Å². The molecule has 0 rings (SSSR count). The molecule has 0 aliphatic heterocycles. The van der Waals surface area contributed by atoms with Crippen LogP contribution in [0.5, 0.6) is 0 Å². The Labute approximate surface area is 253 Å². The number of ketones is 2. The lowest BCUT2D eigenvalue weighted by Crippen LogP contribution is -2.56. The van der Waals surface area contributed by atoms with Gasteiger partial charge in [-0.25, -0.2) is 0 Å². The number of likely N-dealkylation sites (N-methyl/N-ethyl adjacent to an activating group) is 1. The quantitative estimate of drug-likeness (QED) is 0.0669. The summed E-state index contributed by atoms with van der Waals surface area (Å²) >= 11 is 0. The third-order valence-electron chi connectivity index (χ3n) is 7.16. The Kier molecular flexibility index (Phi) is 23.7. The molecule has 0 heterocycles. The lowest BCUT2D eigenvalue weighted by molar-refractivity contribution is -0.133. The molecule has 0 bridgehead atoms. The molecule has 0 radical (unpaired) electrons. The van der Waals surface area contributed by atoms with E-state index in [4.69, 9.17) is 0 Å². The average molecular weight is 598 g/mol. The Balaban J connectivity index is 5.69. The van der Waals surface area contributed by atoms with E-state index in [1.54, 1.807) is 7.05 Å². The first-order valence-corrected chi connectivity index (χ1v) is 15.6. The van der Waals surface area contributed by atoms with Gasteiger partial charge >= 0.3 is 0 Å². The summed E-state index contributed by atoms with van der Waals surface area (Å²) in [5.41, 5.74) is 0. The molecular weight excluding hydrogens is 538 g/mol. The van der Waals surface area contributed by atoms with Crippen LogP contribution in [0.3, 0.4) is 0 Å².